The molecular formula is C9H16N4O4S. The van der Waals surface area contributed by atoms with Gasteiger partial charge in [-0.15, -0.1) is 0 Å². The van der Waals surface area contributed by atoms with Crippen molar-refractivity contribution in [2.24, 2.45) is 11.5 Å². The smallest absolute Gasteiger partial charge is 0.341 e. The van der Waals surface area contributed by atoms with Gasteiger partial charge in [0, 0.05) is 6.92 Å². The average molecular weight is 276 g/mol. The number of carbonyl (C=O) groups excluding carboxylic acids is 1. The van der Waals surface area contributed by atoms with Gasteiger partial charge in [-0.1, -0.05) is 18.2 Å². The molecule has 9 heteroatoms. The maximum atomic E-state index is 11.2. The Morgan fingerprint density at radius 1 is 1.22 bits per heavy atom. The van der Waals surface area contributed by atoms with Crippen molar-refractivity contribution in [1.29, 1.82) is 5.41 Å². The highest BCUT2D eigenvalue weighted by Crippen LogP contribution is 2.10. The number of carbonyl (C=O) groups is 1. The fourth-order valence-electron chi connectivity index (χ4n) is 0.790. The summed E-state index contributed by atoms with van der Waals surface area (Å²) >= 11 is 0. The number of guanidine groups is 1. The van der Waals surface area contributed by atoms with E-state index >= 15 is 0 Å². The van der Waals surface area contributed by atoms with E-state index in [4.69, 9.17) is 5.41 Å². The fourth-order valence-corrected chi connectivity index (χ4v) is 1.69. The second-order valence-electron chi connectivity index (χ2n) is 2.80. The summed E-state index contributed by atoms with van der Waals surface area (Å²) in [6.07, 6.45) is 0. The number of nitrogens with one attached hydrogen (secondary N) is 1. The lowest BCUT2D eigenvalue weighted by atomic mass is 10.4. The molecule has 8 nitrogen and oxygen atoms in total. The third kappa shape index (κ3) is 8.07. The summed E-state index contributed by atoms with van der Waals surface area (Å²) in [5, 5.41) is 6.06. The van der Waals surface area contributed by atoms with Crippen LogP contribution in [0.3, 0.4) is 0 Å². The minimum atomic E-state index is -3.91. The Morgan fingerprint density at radius 2 is 1.61 bits per heavy atom. The molecule has 102 valence electrons. The summed E-state index contributed by atoms with van der Waals surface area (Å²) in [5.41, 5.74) is 8.94. The van der Waals surface area contributed by atoms with Crippen LogP contribution in [0.1, 0.15) is 6.92 Å². The van der Waals surface area contributed by atoms with Crippen LogP contribution in [0.25, 0.3) is 0 Å². The maximum Gasteiger partial charge on any atom is 0.341 e. The standard InChI is InChI=1S/C8H8O4S.CH5N3.H3N/c1-7(9)12-13(10,11)8-5-3-2-4-6-8;2-1(3)4;/h2-6H,1H3;(H5,2,3,4);1H3. The summed E-state index contributed by atoms with van der Waals surface area (Å²) < 4.78 is 26.6. The summed E-state index contributed by atoms with van der Waals surface area (Å²) in [4.78, 5) is 10.4. The zero-order valence-corrected chi connectivity index (χ0v) is 10.6. The molecule has 8 N–H and O–H groups in total. The minimum absolute atomic E-state index is 0. The first kappa shape index (κ1) is 18.2. The van der Waals surface area contributed by atoms with Crippen molar-refractivity contribution in [3.8, 4) is 0 Å². The Kier molecular flexibility index (Phi) is 8.14. The quantitative estimate of drug-likeness (QED) is 0.332. The molecule has 0 radical (unpaired) electrons. The molecule has 0 bridgehead atoms. The highest BCUT2D eigenvalue weighted by molar-refractivity contribution is 7.87. The van der Waals surface area contributed by atoms with E-state index in [1.807, 2.05) is 0 Å². The van der Waals surface area contributed by atoms with Gasteiger partial charge >= 0.3 is 16.1 Å². The number of hydrogen-bond acceptors (Lipinski definition) is 6. The second kappa shape index (κ2) is 8.03. The summed E-state index contributed by atoms with van der Waals surface area (Å²) in [6.45, 7) is 1.04. The molecule has 0 saturated heterocycles. The molecule has 0 saturated carbocycles. The van der Waals surface area contributed by atoms with Crippen LogP contribution in [0.5, 0.6) is 0 Å². The van der Waals surface area contributed by atoms with Gasteiger partial charge < -0.3 is 21.8 Å². The fraction of sp³-hybridized carbons (Fsp3) is 0.111. The van der Waals surface area contributed by atoms with Crippen molar-refractivity contribution in [2.45, 2.75) is 11.8 Å². The Bertz CT molecular complexity index is 483. The third-order valence-corrected chi connectivity index (χ3v) is 2.56. The van der Waals surface area contributed by atoms with Crippen LogP contribution in [0.15, 0.2) is 35.2 Å². The third-order valence-electron chi connectivity index (χ3n) is 1.26. The monoisotopic (exact) mass is 276 g/mol. The molecule has 0 fully saturated rings. The molecule has 0 spiro atoms. The highest BCUT2D eigenvalue weighted by atomic mass is 32.2. The molecule has 0 aliphatic rings. The van der Waals surface area contributed by atoms with E-state index < -0.39 is 16.1 Å². The topological polar surface area (TPSA) is 171 Å². The van der Waals surface area contributed by atoms with Gasteiger partial charge in [-0.05, 0) is 12.1 Å². The molecule has 0 aromatic heterocycles. The Morgan fingerprint density at radius 3 is 1.94 bits per heavy atom. The van der Waals surface area contributed by atoms with Crippen molar-refractivity contribution >= 4 is 22.0 Å². The molecule has 18 heavy (non-hydrogen) atoms. The van der Waals surface area contributed by atoms with Crippen molar-refractivity contribution in [3.05, 3.63) is 30.3 Å². The highest BCUT2D eigenvalue weighted by Gasteiger charge is 2.16. The van der Waals surface area contributed by atoms with Gasteiger partial charge in [-0.2, -0.15) is 8.42 Å². The second-order valence-corrected chi connectivity index (χ2v) is 4.34. The predicted molar refractivity (Wildman–Crippen MR) is 66.5 cm³/mol. The molecule has 1 rings (SSSR count). The molecule has 0 amide bonds. The Balaban J connectivity index is 0. The average Bonchev–Trinajstić information content (AvgIpc) is 2.16. The normalized spacial score (nSPS) is 9.17. The first-order chi connectivity index (χ1) is 7.75. The van der Waals surface area contributed by atoms with E-state index in [0.29, 0.717) is 0 Å². The van der Waals surface area contributed by atoms with E-state index in [-0.39, 0.29) is 17.0 Å². The molecule has 0 heterocycles. The SMILES string of the molecule is CC(=O)OS(=O)(=O)c1ccccc1.N.N=C(N)N. The molecule has 0 atom stereocenters. The van der Waals surface area contributed by atoms with Gasteiger partial charge in [0.15, 0.2) is 5.96 Å². The molecular weight excluding hydrogens is 260 g/mol. The predicted octanol–water partition coefficient (Wildman–Crippen LogP) is -0.0610. The van der Waals surface area contributed by atoms with Gasteiger partial charge in [-0.3, -0.25) is 10.2 Å². The molecule has 0 unspecified atom stereocenters. The maximum absolute atomic E-state index is 11.2. The lowest BCUT2D eigenvalue weighted by molar-refractivity contribution is -0.131. The van der Waals surface area contributed by atoms with E-state index in [1.165, 1.54) is 12.1 Å². The van der Waals surface area contributed by atoms with Crippen LogP contribution < -0.4 is 17.6 Å². The minimum Gasteiger partial charge on any atom is -0.370 e. The number of rotatable bonds is 2. The lowest BCUT2D eigenvalue weighted by Crippen LogP contribution is -2.20. The summed E-state index contributed by atoms with van der Waals surface area (Å²) in [5.74, 6) is -1.18. The van der Waals surface area contributed by atoms with Crippen LogP contribution in [0.2, 0.25) is 0 Å². The zero-order chi connectivity index (χ0) is 13.5. The molecule has 0 aliphatic carbocycles. The van der Waals surface area contributed by atoms with Crippen molar-refractivity contribution in [1.82, 2.24) is 6.15 Å². The number of benzene rings is 1. The van der Waals surface area contributed by atoms with E-state index in [2.05, 4.69) is 15.7 Å². The van der Waals surface area contributed by atoms with Crippen molar-refractivity contribution in [3.63, 3.8) is 0 Å². The number of nitrogens with two attached hydrogens (primary N) is 2. The Labute approximate surface area is 105 Å². The number of hydrogen-bond donors (Lipinski definition) is 4. The van der Waals surface area contributed by atoms with Crippen LogP contribution in [0.4, 0.5) is 0 Å². The van der Waals surface area contributed by atoms with Gasteiger partial charge in [0.25, 0.3) is 0 Å². The van der Waals surface area contributed by atoms with E-state index in [1.54, 1.807) is 18.2 Å². The first-order valence-electron chi connectivity index (χ1n) is 4.35. The summed E-state index contributed by atoms with van der Waals surface area (Å²) in [6, 6.07) is 7.50. The van der Waals surface area contributed by atoms with E-state index in [0.717, 1.165) is 6.92 Å². The summed E-state index contributed by atoms with van der Waals surface area (Å²) in [7, 11) is -3.91. The first-order valence-corrected chi connectivity index (χ1v) is 5.76. The largest absolute Gasteiger partial charge is 0.370 e. The van der Waals surface area contributed by atoms with E-state index in [9.17, 15) is 13.2 Å². The lowest BCUT2D eigenvalue weighted by Gasteiger charge is -2.01. The molecule has 1 aromatic rings. The van der Waals surface area contributed by atoms with Gasteiger partial charge in [0.1, 0.15) is 4.90 Å². The van der Waals surface area contributed by atoms with Crippen LogP contribution in [-0.2, 0) is 19.1 Å². The molecule has 1 aromatic carbocycles. The van der Waals surface area contributed by atoms with Gasteiger partial charge in [0.2, 0.25) is 0 Å². The van der Waals surface area contributed by atoms with Gasteiger partial charge in [-0.25, -0.2) is 0 Å². The van der Waals surface area contributed by atoms with Crippen LogP contribution >= 0.6 is 0 Å². The van der Waals surface area contributed by atoms with Crippen LogP contribution in [-0.4, -0.2) is 20.3 Å². The Hall–Kier alpha value is -2.13. The zero-order valence-electron chi connectivity index (χ0n) is 9.79. The van der Waals surface area contributed by atoms with Crippen molar-refractivity contribution < 1.29 is 17.4 Å². The molecule has 0 aliphatic heterocycles. The van der Waals surface area contributed by atoms with Crippen molar-refractivity contribution in [2.75, 3.05) is 0 Å². The van der Waals surface area contributed by atoms with Gasteiger partial charge in [0.05, 0.1) is 0 Å². The van der Waals surface area contributed by atoms with Crippen LogP contribution in [0, 0.1) is 5.41 Å².